The molecule has 1 unspecified atom stereocenters. The minimum Gasteiger partial charge on any atom is -0.335 e. The van der Waals surface area contributed by atoms with Crippen molar-refractivity contribution in [2.24, 2.45) is 0 Å². The van der Waals surface area contributed by atoms with Crippen LogP contribution in [0, 0.1) is 0 Å². The fourth-order valence-electron chi connectivity index (χ4n) is 2.45. The summed E-state index contributed by atoms with van der Waals surface area (Å²) in [6.45, 7) is 2.27. The van der Waals surface area contributed by atoms with E-state index in [0.29, 0.717) is 6.04 Å². The molecular weight excluding hydrogens is 232 g/mol. The summed E-state index contributed by atoms with van der Waals surface area (Å²) in [5.41, 5.74) is 1.47. The molecule has 0 fully saturated rings. The van der Waals surface area contributed by atoms with Crippen LogP contribution in [0.3, 0.4) is 0 Å². The first-order chi connectivity index (χ1) is 9.36. The summed E-state index contributed by atoms with van der Waals surface area (Å²) in [5.74, 6) is 0. The summed E-state index contributed by atoms with van der Waals surface area (Å²) in [6.07, 6.45) is 13.6. The first kappa shape index (κ1) is 13.9. The van der Waals surface area contributed by atoms with Gasteiger partial charge in [-0.05, 0) is 31.7 Å². The molecule has 2 rings (SSSR count). The van der Waals surface area contributed by atoms with Gasteiger partial charge in [0.05, 0.1) is 6.33 Å². The Balaban J connectivity index is 1.53. The van der Waals surface area contributed by atoms with E-state index in [1.54, 1.807) is 0 Å². The molecule has 0 aliphatic heterocycles. The summed E-state index contributed by atoms with van der Waals surface area (Å²) in [5, 5.41) is 0. The number of hydrogen-bond acceptors (Lipinski definition) is 1. The van der Waals surface area contributed by atoms with Crippen molar-refractivity contribution in [3.05, 3.63) is 54.6 Å². The van der Waals surface area contributed by atoms with Crippen LogP contribution in [-0.4, -0.2) is 9.55 Å². The maximum atomic E-state index is 4.10. The van der Waals surface area contributed by atoms with Gasteiger partial charge in [-0.15, -0.1) is 0 Å². The highest BCUT2D eigenvalue weighted by atomic mass is 15.0. The highest BCUT2D eigenvalue weighted by Gasteiger charge is 2.02. The topological polar surface area (TPSA) is 17.8 Å². The largest absolute Gasteiger partial charge is 0.335 e. The summed E-state index contributed by atoms with van der Waals surface area (Å²) in [4.78, 5) is 4.10. The number of nitrogens with zero attached hydrogens (tertiary/aromatic N) is 2. The van der Waals surface area contributed by atoms with Crippen LogP contribution in [0.25, 0.3) is 0 Å². The summed E-state index contributed by atoms with van der Waals surface area (Å²) in [6, 6.07) is 11.4. The number of unbranched alkanes of at least 4 members (excludes halogenated alkanes) is 3. The lowest BCUT2D eigenvalue weighted by Gasteiger charge is -2.12. The monoisotopic (exact) mass is 256 g/mol. The molecule has 0 bridgehead atoms. The highest BCUT2D eigenvalue weighted by Crippen LogP contribution is 2.15. The normalized spacial score (nSPS) is 12.5. The Morgan fingerprint density at radius 3 is 2.58 bits per heavy atom. The van der Waals surface area contributed by atoms with Gasteiger partial charge in [0, 0.05) is 18.4 Å². The van der Waals surface area contributed by atoms with Crippen LogP contribution < -0.4 is 0 Å². The van der Waals surface area contributed by atoms with Crippen molar-refractivity contribution in [2.45, 2.75) is 51.5 Å². The fraction of sp³-hybridized carbons (Fsp3) is 0.471. The predicted octanol–water partition coefficient (Wildman–Crippen LogP) is 4.64. The van der Waals surface area contributed by atoms with Crippen LogP contribution >= 0.6 is 0 Å². The van der Waals surface area contributed by atoms with Crippen LogP contribution in [0.4, 0.5) is 0 Å². The highest BCUT2D eigenvalue weighted by molar-refractivity contribution is 5.14. The minimum atomic E-state index is 0.580. The molecule has 0 amide bonds. The van der Waals surface area contributed by atoms with Crippen molar-refractivity contribution in [3.63, 3.8) is 0 Å². The average molecular weight is 256 g/mol. The molecule has 0 saturated heterocycles. The van der Waals surface area contributed by atoms with Crippen LogP contribution in [-0.2, 0) is 6.42 Å². The third-order valence-corrected chi connectivity index (χ3v) is 3.71. The second-order valence-corrected chi connectivity index (χ2v) is 5.30. The van der Waals surface area contributed by atoms with Crippen LogP contribution in [0.5, 0.6) is 0 Å². The molecule has 2 nitrogen and oxygen atoms in total. The summed E-state index contributed by atoms with van der Waals surface area (Å²) < 4.78 is 2.20. The second-order valence-electron chi connectivity index (χ2n) is 5.30. The Kier molecular flexibility index (Phi) is 5.67. The Morgan fingerprint density at radius 2 is 1.84 bits per heavy atom. The van der Waals surface area contributed by atoms with E-state index in [1.807, 2.05) is 12.5 Å². The van der Waals surface area contributed by atoms with Crippen molar-refractivity contribution in [1.29, 1.82) is 0 Å². The van der Waals surface area contributed by atoms with Gasteiger partial charge in [-0.25, -0.2) is 4.98 Å². The van der Waals surface area contributed by atoms with Crippen LogP contribution in [0.2, 0.25) is 0 Å². The van der Waals surface area contributed by atoms with Crippen molar-refractivity contribution < 1.29 is 0 Å². The van der Waals surface area contributed by atoms with Crippen LogP contribution in [0.15, 0.2) is 49.1 Å². The minimum absolute atomic E-state index is 0.580. The lowest BCUT2D eigenvalue weighted by Crippen LogP contribution is -2.02. The van der Waals surface area contributed by atoms with E-state index < -0.39 is 0 Å². The lowest BCUT2D eigenvalue weighted by molar-refractivity contribution is 0.470. The van der Waals surface area contributed by atoms with Gasteiger partial charge in [-0.3, -0.25) is 0 Å². The molecule has 1 aromatic carbocycles. The van der Waals surface area contributed by atoms with Gasteiger partial charge >= 0.3 is 0 Å². The molecule has 0 aliphatic carbocycles. The molecule has 0 spiro atoms. The Morgan fingerprint density at radius 1 is 1.05 bits per heavy atom. The first-order valence-corrected chi connectivity index (χ1v) is 7.37. The Hall–Kier alpha value is -1.57. The molecule has 0 N–H and O–H groups in total. The predicted molar refractivity (Wildman–Crippen MR) is 80.2 cm³/mol. The van der Waals surface area contributed by atoms with Crippen molar-refractivity contribution in [2.75, 3.05) is 0 Å². The number of aryl methyl sites for hydroxylation is 1. The van der Waals surface area contributed by atoms with Crippen molar-refractivity contribution in [1.82, 2.24) is 9.55 Å². The number of rotatable bonds is 8. The maximum absolute atomic E-state index is 4.10. The quantitative estimate of drug-likeness (QED) is 0.629. The summed E-state index contributed by atoms with van der Waals surface area (Å²) in [7, 11) is 0. The first-order valence-electron chi connectivity index (χ1n) is 7.37. The second kappa shape index (κ2) is 7.78. The van der Waals surface area contributed by atoms with Crippen molar-refractivity contribution in [3.8, 4) is 0 Å². The van der Waals surface area contributed by atoms with E-state index in [9.17, 15) is 0 Å². The molecule has 1 atom stereocenters. The lowest BCUT2D eigenvalue weighted by atomic mass is 10.0. The zero-order valence-electron chi connectivity index (χ0n) is 11.8. The maximum Gasteiger partial charge on any atom is 0.0948 e. The van der Waals surface area contributed by atoms with Crippen LogP contribution in [0.1, 0.15) is 50.6 Å². The Bertz CT molecular complexity index is 434. The van der Waals surface area contributed by atoms with E-state index in [-0.39, 0.29) is 0 Å². The van der Waals surface area contributed by atoms with E-state index in [2.05, 4.69) is 53.0 Å². The zero-order chi connectivity index (χ0) is 13.3. The van der Waals surface area contributed by atoms with E-state index >= 15 is 0 Å². The van der Waals surface area contributed by atoms with Crippen molar-refractivity contribution >= 4 is 0 Å². The molecule has 19 heavy (non-hydrogen) atoms. The molecular formula is C17H24N2. The molecule has 0 aliphatic rings. The van der Waals surface area contributed by atoms with E-state index in [4.69, 9.17) is 0 Å². The van der Waals surface area contributed by atoms with E-state index in [1.165, 1.54) is 44.1 Å². The average Bonchev–Trinajstić information content (AvgIpc) is 2.98. The van der Waals surface area contributed by atoms with Gasteiger partial charge < -0.3 is 4.57 Å². The molecule has 102 valence electrons. The van der Waals surface area contributed by atoms with E-state index in [0.717, 1.165) is 0 Å². The number of benzene rings is 1. The molecule has 2 aromatic rings. The molecule has 2 heteroatoms. The fourth-order valence-corrected chi connectivity index (χ4v) is 2.45. The standard InChI is InChI=1S/C17H24N2/c1-16(19-14-13-18-15-19)9-5-2-3-6-10-17-11-7-4-8-12-17/h4,7-8,11-16H,2-3,5-6,9-10H2,1H3. The van der Waals surface area contributed by atoms with Gasteiger partial charge in [0.1, 0.15) is 0 Å². The third-order valence-electron chi connectivity index (χ3n) is 3.71. The Labute approximate surface area is 116 Å². The molecule has 0 saturated carbocycles. The summed E-state index contributed by atoms with van der Waals surface area (Å²) >= 11 is 0. The van der Waals surface area contributed by atoms with Gasteiger partial charge in [0.25, 0.3) is 0 Å². The van der Waals surface area contributed by atoms with Gasteiger partial charge in [0.15, 0.2) is 0 Å². The number of hydrogen-bond donors (Lipinski definition) is 0. The molecule has 0 radical (unpaired) electrons. The zero-order valence-corrected chi connectivity index (χ0v) is 11.8. The third kappa shape index (κ3) is 4.90. The SMILES string of the molecule is CC(CCCCCCc1ccccc1)n1ccnc1. The number of aromatic nitrogens is 2. The smallest absolute Gasteiger partial charge is 0.0948 e. The van der Waals surface area contributed by atoms with Gasteiger partial charge in [0.2, 0.25) is 0 Å². The van der Waals surface area contributed by atoms with Gasteiger partial charge in [-0.2, -0.15) is 0 Å². The molecule has 1 heterocycles. The van der Waals surface area contributed by atoms with Gasteiger partial charge in [-0.1, -0.05) is 49.6 Å². The molecule has 1 aromatic heterocycles. The number of imidazole rings is 1.